The van der Waals surface area contributed by atoms with Gasteiger partial charge < -0.3 is 24.7 Å². The van der Waals surface area contributed by atoms with Crippen LogP contribution in [0.5, 0.6) is 17.2 Å². The fourth-order valence-corrected chi connectivity index (χ4v) is 6.06. The Morgan fingerprint density at radius 2 is 1.56 bits per heavy atom. The Balaban J connectivity index is 1.21. The zero-order valence-corrected chi connectivity index (χ0v) is 23.5. The summed E-state index contributed by atoms with van der Waals surface area (Å²) in [6.45, 7) is 13.4. The molecule has 0 bridgehead atoms. The van der Waals surface area contributed by atoms with Crippen LogP contribution in [-0.2, 0) is 19.4 Å². The number of hydrogen-bond donors (Lipinski definition) is 2. The van der Waals surface area contributed by atoms with E-state index < -0.39 is 0 Å². The summed E-state index contributed by atoms with van der Waals surface area (Å²) in [5, 5.41) is 20.3. The Morgan fingerprint density at radius 1 is 0.846 bits per heavy atom. The monoisotopic (exact) mass is 529 g/mol. The first kappa shape index (κ1) is 27.4. The van der Waals surface area contributed by atoms with Gasteiger partial charge in [-0.2, -0.15) is 0 Å². The van der Waals surface area contributed by atoms with Gasteiger partial charge in [0.1, 0.15) is 23.9 Å². The molecule has 1 heterocycles. The quantitative estimate of drug-likeness (QED) is 0.366. The first-order valence-electron chi connectivity index (χ1n) is 14.6. The first-order chi connectivity index (χ1) is 19.0. The van der Waals surface area contributed by atoms with Crippen molar-refractivity contribution >= 4 is 5.69 Å². The van der Waals surface area contributed by atoms with Crippen LogP contribution in [0, 0.1) is 0 Å². The SMILES string of the molecule is CCN1CCN(CCOc2ccc(CN(CC)c3cc(O)ccc3C3CCc4cc(O)ccc4C3)cc2)CC1. The molecule has 0 spiro atoms. The van der Waals surface area contributed by atoms with Crippen LogP contribution >= 0.6 is 0 Å². The molecule has 2 N–H and O–H groups in total. The summed E-state index contributed by atoms with van der Waals surface area (Å²) in [6.07, 6.45) is 2.94. The number of benzene rings is 3. The number of likely N-dealkylation sites (N-methyl/N-ethyl adjacent to an activating group) is 1. The van der Waals surface area contributed by atoms with Gasteiger partial charge >= 0.3 is 0 Å². The van der Waals surface area contributed by atoms with Crippen molar-refractivity contribution in [2.75, 3.05) is 57.3 Å². The molecule has 1 aliphatic carbocycles. The number of rotatable bonds is 10. The van der Waals surface area contributed by atoms with E-state index in [-0.39, 0.29) is 0 Å². The van der Waals surface area contributed by atoms with Crippen LogP contribution in [0.25, 0.3) is 0 Å². The third-order valence-electron chi connectivity index (χ3n) is 8.48. The largest absolute Gasteiger partial charge is 0.508 e. The zero-order chi connectivity index (χ0) is 27.2. The number of fused-ring (bicyclic) bond motifs is 1. The molecular formula is C33H43N3O3. The van der Waals surface area contributed by atoms with Crippen LogP contribution in [0.2, 0.25) is 0 Å². The van der Waals surface area contributed by atoms with Crippen LogP contribution in [0.3, 0.4) is 0 Å². The van der Waals surface area contributed by atoms with E-state index in [0.29, 0.717) is 24.0 Å². The number of anilines is 1. The number of phenolic OH excluding ortho intramolecular Hbond substituents is 2. The molecule has 0 amide bonds. The second kappa shape index (κ2) is 12.8. The smallest absolute Gasteiger partial charge is 0.119 e. The molecule has 5 rings (SSSR count). The predicted molar refractivity (Wildman–Crippen MR) is 158 cm³/mol. The number of aromatic hydroxyl groups is 2. The maximum absolute atomic E-state index is 10.4. The summed E-state index contributed by atoms with van der Waals surface area (Å²) in [7, 11) is 0. The van der Waals surface area contributed by atoms with E-state index in [1.165, 1.54) is 22.3 Å². The van der Waals surface area contributed by atoms with Gasteiger partial charge in [0.25, 0.3) is 0 Å². The third-order valence-corrected chi connectivity index (χ3v) is 8.48. The standard InChI is InChI=1S/C33H43N3O3/c1-3-34-15-17-35(18-16-34)19-20-39-31-12-5-25(6-13-31)24-36(4-2)33-23-30(38)11-14-32(33)28-8-7-27-22-29(37)10-9-26(27)21-28/h5-6,9-14,22-23,28,37-38H,3-4,7-8,15-21,24H2,1-2H3. The first-order valence-corrected chi connectivity index (χ1v) is 14.6. The molecule has 1 aliphatic heterocycles. The van der Waals surface area contributed by atoms with E-state index in [2.05, 4.69) is 64.9 Å². The van der Waals surface area contributed by atoms with Crippen LogP contribution < -0.4 is 9.64 Å². The number of ether oxygens (including phenoxy) is 1. The maximum atomic E-state index is 10.4. The number of aryl methyl sites for hydroxylation is 1. The fraction of sp³-hybridized carbons (Fsp3) is 0.455. The molecule has 2 aliphatic rings. The Labute approximate surface area is 233 Å². The van der Waals surface area contributed by atoms with E-state index >= 15 is 0 Å². The van der Waals surface area contributed by atoms with Crippen molar-refractivity contribution in [2.24, 2.45) is 0 Å². The van der Waals surface area contributed by atoms with Gasteiger partial charge in [0.2, 0.25) is 0 Å². The van der Waals surface area contributed by atoms with E-state index in [9.17, 15) is 10.2 Å². The van der Waals surface area contributed by atoms with Gasteiger partial charge in [-0.25, -0.2) is 0 Å². The van der Waals surface area contributed by atoms with Gasteiger partial charge in [-0.3, -0.25) is 4.90 Å². The minimum atomic E-state index is 0.299. The topological polar surface area (TPSA) is 59.4 Å². The predicted octanol–water partition coefficient (Wildman–Crippen LogP) is 5.41. The highest BCUT2D eigenvalue weighted by molar-refractivity contribution is 5.59. The summed E-state index contributed by atoms with van der Waals surface area (Å²) in [5.74, 6) is 1.94. The molecule has 6 heteroatoms. The lowest BCUT2D eigenvalue weighted by atomic mass is 9.79. The lowest BCUT2D eigenvalue weighted by Gasteiger charge is -2.33. The molecule has 39 heavy (non-hydrogen) atoms. The normalized spacial score (nSPS) is 18.1. The zero-order valence-electron chi connectivity index (χ0n) is 23.5. The van der Waals surface area contributed by atoms with Crippen LogP contribution in [0.4, 0.5) is 5.69 Å². The summed E-state index contributed by atoms with van der Waals surface area (Å²) in [5.41, 5.74) is 6.17. The highest BCUT2D eigenvalue weighted by Gasteiger charge is 2.24. The average molecular weight is 530 g/mol. The summed E-state index contributed by atoms with van der Waals surface area (Å²) < 4.78 is 6.07. The number of hydrogen-bond acceptors (Lipinski definition) is 6. The molecule has 1 saturated heterocycles. The maximum Gasteiger partial charge on any atom is 0.119 e. The number of piperazine rings is 1. The van der Waals surface area contributed by atoms with E-state index in [1.54, 1.807) is 6.07 Å². The average Bonchev–Trinajstić information content (AvgIpc) is 2.97. The van der Waals surface area contributed by atoms with Crippen molar-refractivity contribution in [1.82, 2.24) is 9.80 Å². The highest BCUT2D eigenvalue weighted by atomic mass is 16.5. The van der Waals surface area contributed by atoms with Crippen LogP contribution in [0.15, 0.2) is 60.7 Å². The molecular weight excluding hydrogens is 486 g/mol. The number of nitrogens with zero attached hydrogens (tertiary/aromatic N) is 3. The van der Waals surface area contributed by atoms with Gasteiger partial charge in [0.15, 0.2) is 0 Å². The third kappa shape index (κ3) is 6.87. The second-order valence-corrected chi connectivity index (χ2v) is 10.9. The fourth-order valence-electron chi connectivity index (χ4n) is 6.06. The molecule has 0 saturated carbocycles. The lowest BCUT2D eigenvalue weighted by Crippen LogP contribution is -2.47. The van der Waals surface area contributed by atoms with Gasteiger partial charge in [0, 0.05) is 57.6 Å². The summed E-state index contributed by atoms with van der Waals surface area (Å²) >= 11 is 0. The van der Waals surface area contributed by atoms with Crippen molar-refractivity contribution in [2.45, 2.75) is 45.6 Å². The van der Waals surface area contributed by atoms with E-state index in [0.717, 1.165) is 83.1 Å². The molecule has 1 atom stereocenters. The summed E-state index contributed by atoms with van der Waals surface area (Å²) in [6, 6.07) is 20.1. The van der Waals surface area contributed by atoms with Crippen molar-refractivity contribution in [1.29, 1.82) is 0 Å². The minimum Gasteiger partial charge on any atom is -0.508 e. The Bertz CT molecular complexity index is 1220. The van der Waals surface area contributed by atoms with Crippen molar-refractivity contribution in [3.63, 3.8) is 0 Å². The molecule has 3 aromatic carbocycles. The molecule has 208 valence electrons. The summed E-state index contributed by atoms with van der Waals surface area (Å²) in [4.78, 5) is 7.34. The molecule has 0 radical (unpaired) electrons. The molecule has 1 unspecified atom stereocenters. The van der Waals surface area contributed by atoms with Crippen LogP contribution in [0.1, 0.15) is 48.4 Å². The van der Waals surface area contributed by atoms with Crippen molar-refractivity contribution in [3.05, 3.63) is 82.9 Å². The molecule has 1 fully saturated rings. The highest BCUT2D eigenvalue weighted by Crippen LogP contribution is 2.40. The molecule has 0 aromatic heterocycles. The van der Waals surface area contributed by atoms with Crippen LogP contribution in [-0.4, -0.2) is 72.4 Å². The van der Waals surface area contributed by atoms with E-state index in [4.69, 9.17) is 4.74 Å². The molecule has 6 nitrogen and oxygen atoms in total. The van der Waals surface area contributed by atoms with Crippen molar-refractivity contribution in [3.8, 4) is 17.2 Å². The Kier molecular flexibility index (Phi) is 8.95. The second-order valence-electron chi connectivity index (χ2n) is 10.9. The Morgan fingerprint density at radius 3 is 2.31 bits per heavy atom. The van der Waals surface area contributed by atoms with Crippen molar-refractivity contribution < 1.29 is 14.9 Å². The molecule has 3 aromatic rings. The lowest BCUT2D eigenvalue weighted by molar-refractivity contribution is 0.121. The van der Waals surface area contributed by atoms with Gasteiger partial charge in [-0.1, -0.05) is 31.2 Å². The minimum absolute atomic E-state index is 0.299. The van der Waals surface area contributed by atoms with Gasteiger partial charge in [0.05, 0.1) is 0 Å². The van der Waals surface area contributed by atoms with Gasteiger partial charge in [-0.15, -0.1) is 0 Å². The Hall–Kier alpha value is -3.22. The number of phenols is 2. The van der Waals surface area contributed by atoms with Gasteiger partial charge in [-0.05, 0) is 91.2 Å². The van der Waals surface area contributed by atoms with E-state index in [1.807, 2.05) is 18.2 Å².